The Kier molecular flexibility index (Phi) is 8.91. The largest absolute Gasteiger partial charge is 0.493 e. The molecule has 0 spiro atoms. The molecule has 7 nitrogen and oxygen atoms in total. The van der Waals surface area contributed by atoms with Gasteiger partial charge in [-0.05, 0) is 55.5 Å². The third kappa shape index (κ3) is 5.44. The standard InChI is InChI=1S/C29H32N2O5/c1-7-23-27(30-4)26(28(31(23)5)29(33)36-9-3)21-14-12-20(13-15-21)22-18-19(11-17-25(32)34-6)10-16-24(22)35-8-2/h10,12-16,18H,7-9,11,17H2,1-3,5-6H3. The highest BCUT2D eigenvalue weighted by atomic mass is 16.5. The lowest BCUT2D eigenvalue weighted by Gasteiger charge is -2.14. The first-order valence-electron chi connectivity index (χ1n) is 12.1. The minimum Gasteiger partial charge on any atom is -0.493 e. The van der Waals surface area contributed by atoms with Crippen LogP contribution in [0.4, 0.5) is 5.69 Å². The first-order valence-corrected chi connectivity index (χ1v) is 12.1. The molecule has 188 valence electrons. The van der Waals surface area contributed by atoms with Crippen LogP contribution in [0.25, 0.3) is 27.1 Å². The fourth-order valence-electron chi connectivity index (χ4n) is 4.36. The average Bonchev–Trinajstić information content (AvgIpc) is 3.19. The van der Waals surface area contributed by atoms with E-state index >= 15 is 0 Å². The van der Waals surface area contributed by atoms with E-state index in [9.17, 15) is 9.59 Å². The van der Waals surface area contributed by atoms with Gasteiger partial charge >= 0.3 is 11.9 Å². The highest BCUT2D eigenvalue weighted by Gasteiger charge is 2.27. The number of hydrogen-bond acceptors (Lipinski definition) is 5. The topological polar surface area (TPSA) is 71.1 Å². The van der Waals surface area contributed by atoms with Gasteiger partial charge in [0.05, 0.1) is 26.9 Å². The van der Waals surface area contributed by atoms with E-state index in [4.69, 9.17) is 20.8 Å². The van der Waals surface area contributed by atoms with Crippen LogP contribution in [-0.2, 0) is 34.2 Å². The molecule has 0 bridgehead atoms. The van der Waals surface area contributed by atoms with E-state index in [1.807, 2.05) is 56.3 Å². The van der Waals surface area contributed by atoms with E-state index in [0.29, 0.717) is 42.8 Å². The van der Waals surface area contributed by atoms with E-state index < -0.39 is 5.97 Å². The lowest BCUT2D eigenvalue weighted by atomic mass is 9.96. The Morgan fingerprint density at radius 1 is 1.00 bits per heavy atom. The van der Waals surface area contributed by atoms with Crippen LogP contribution in [0.5, 0.6) is 5.75 Å². The SMILES string of the molecule is [C-]#[N+]c1c(-c2ccc(-c3cc(CCC(=O)OC)ccc3OCC)cc2)c(C(=O)OCC)n(C)c1CC. The molecule has 0 amide bonds. The fraction of sp³-hybridized carbons (Fsp3) is 0.345. The van der Waals surface area contributed by atoms with E-state index in [1.165, 1.54) is 7.11 Å². The molecule has 0 aliphatic rings. The molecule has 0 atom stereocenters. The number of nitrogens with zero attached hydrogens (tertiary/aromatic N) is 2. The number of methoxy groups -OCH3 is 1. The molecule has 0 aliphatic heterocycles. The highest BCUT2D eigenvalue weighted by Crippen LogP contribution is 2.41. The number of aromatic nitrogens is 1. The monoisotopic (exact) mass is 488 g/mol. The van der Waals surface area contributed by atoms with Gasteiger partial charge in [-0.25, -0.2) is 9.64 Å². The number of aryl methyl sites for hydroxylation is 1. The third-order valence-corrected chi connectivity index (χ3v) is 6.08. The fourth-order valence-corrected chi connectivity index (χ4v) is 4.36. The van der Waals surface area contributed by atoms with Gasteiger partial charge in [-0.15, -0.1) is 0 Å². The number of benzene rings is 2. The molecule has 0 radical (unpaired) electrons. The minimum atomic E-state index is -0.444. The molecule has 0 N–H and O–H groups in total. The van der Waals surface area contributed by atoms with Gasteiger partial charge in [0.2, 0.25) is 5.69 Å². The summed E-state index contributed by atoms with van der Waals surface area (Å²) < 4.78 is 17.7. The van der Waals surface area contributed by atoms with Crippen LogP contribution in [0.3, 0.4) is 0 Å². The first kappa shape index (κ1) is 26.6. The summed E-state index contributed by atoms with van der Waals surface area (Å²) in [5, 5.41) is 0. The predicted molar refractivity (Wildman–Crippen MR) is 139 cm³/mol. The van der Waals surface area contributed by atoms with Gasteiger partial charge in [-0.1, -0.05) is 37.3 Å². The zero-order valence-corrected chi connectivity index (χ0v) is 21.5. The third-order valence-electron chi connectivity index (χ3n) is 6.08. The zero-order valence-electron chi connectivity index (χ0n) is 21.5. The van der Waals surface area contributed by atoms with Crippen molar-refractivity contribution in [1.82, 2.24) is 4.57 Å². The Labute approximate surface area is 212 Å². The van der Waals surface area contributed by atoms with Crippen LogP contribution < -0.4 is 4.74 Å². The Morgan fingerprint density at radius 3 is 2.28 bits per heavy atom. The molecule has 3 aromatic rings. The van der Waals surface area contributed by atoms with Crippen molar-refractivity contribution in [3.63, 3.8) is 0 Å². The number of carbonyl (C=O) groups excluding carboxylic acids is 2. The molecule has 2 aromatic carbocycles. The van der Waals surface area contributed by atoms with Gasteiger partial charge in [-0.2, -0.15) is 0 Å². The summed E-state index contributed by atoms with van der Waals surface area (Å²) in [4.78, 5) is 28.2. The van der Waals surface area contributed by atoms with Gasteiger partial charge in [-0.3, -0.25) is 4.79 Å². The normalized spacial score (nSPS) is 10.6. The molecule has 0 aliphatic carbocycles. The van der Waals surface area contributed by atoms with Crippen LogP contribution in [0, 0.1) is 6.57 Å². The van der Waals surface area contributed by atoms with Crippen molar-refractivity contribution in [3.05, 3.63) is 70.8 Å². The van der Waals surface area contributed by atoms with E-state index in [-0.39, 0.29) is 12.6 Å². The lowest BCUT2D eigenvalue weighted by Crippen LogP contribution is -2.12. The number of hydrogen-bond donors (Lipinski definition) is 0. The molecule has 1 aromatic heterocycles. The van der Waals surface area contributed by atoms with Crippen molar-refractivity contribution in [2.24, 2.45) is 7.05 Å². The van der Waals surface area contributed by atoms with Crippen molar-refractivity contribution in [1.29, 1.82) is 0 Å². The van der Waals surface area contributed by atoms with Crippen molar-refractivity contribution in [2.45, 2.75) is 40.0 Å². The molecule has 1 heterocycles. The summed E-state index contributed by atoms with van der Waals surface area (Å²) in [6, 6.07) is 13.6. The number of rotatable bonds is 10. The molecule has 36 heavy (non-hydrogen) atoms. The maximum absolute atomic E-state index is 12.8. The minimum absolute atomic E-state index is 0.253. The van der Waals surface area contributed by atoms with Gasteiger partial charge < -0.3 is 18.8 Å². The summed E-state index contributed by atoms with van der Waals surface area (Å²) in [6.07, 6.45) is 1.48. The maximum Gasteiger partial charge on any atom is 0.354 e. The van der Waals surface area contributed by atoms with E-state index in [1.54, 1.807) is 18.5 Å². The van der Waals surface area contributed by atoms with E-state index in [2.05, 4.69) is 4.85 Å². The predicted octanol–water partition coefficient (Wildman–Crippen LogP) is 6.15. The zero-order chi connectivity index (χ0) is 26.2. The second kappa shape index (κ2) is 12.1. The highest BCUT2D eigenvalue weighted by molar-refractivity contribution is 6.01. The smallest absolute Gasteiger partial charge is 0.354 e. The molecular weight excluding hydrogens is 456 g/mol. The first-order chi connectivity index (χ1) is 17.4. The second-order valence-electron chi connectivity index (χ2n) is 8.18. The lowest BCUT2D eigenvalue weighted by molar-refractivity contribution is -0.140. The Bertz CT molecular complexity index is 1280. The summed E-state index contributed by atoms with van der Waals surface area (Å²) >= 11 is 0. The van der Waals surface area contributed by atoms with Gasteiger partial charge in [0.1, 0.15) is 11.4 Å². The molecule has 7 heteroatoms. The van der Waals surface area contributed by atoms with Crippen LogP contribution in [-0.4, -0.2) is 36.8 Å². The van der Waals surface area contributed by atoms with Gasteiger partial charge in [0, 0.05) is 30.3 Å². The molecule has 0 unspecified atom stereocenters. The summed E-state index contributed by atoms with van der Waals surface area (Å²) in [7, 11) is 3.18. The number of esters is 2. The molecular formula is C29H32N2O5. The Balaban J connectivity index is 2.08. The number of ether oxygens (including phenoxy) is 3. The van der Waals surface area contributed by atoms with Crippen LogP contribution >= 0.6 is 0 Å². The Morgan fingerprint density at radius 2 is 1.69 bits per heavy atom. The molecule has 0 saturated carbocycles. The van der Waals surface area contributed by atoms with Crippen LogP contribution in [0.15, 0.2) is 42.5 Å². The van der Waals surface area contributed by atoms with E-state index in [0.717, 1.165) is 33.7 Å². The van der Waals surface area contributed by atoms with Crippen LogP contribution in [0.1, 0.15) is 48.9 Å². The van der Waals surface area contributed by atoms with Crippen molar-refractivity contribution in [3.8, 4) is 28.0 Å². The van der Waals surface area contributed by atoms with Crippen LogP contribution in [0.2, 0.25) is 0 Å². The van der Waals surface area contributed by atoms with Crippen molar-refractivity contribution in [2.75, 3.05) is 20.3 Å². The molecule has 0 saturated heterocycles. The summed E-state index contributed by atoms with van der Waals surface area (Å²) in [5.41, 5.74) is 5.83. The maximum atomic E-state index is 12.8. The van der Waals surface area contributed by atoms with Crippen molar-refractivity contribution >= 4 is 17.6 Å². The summed E-state index contributed by atoms with van der Waals surface area (Å²) in [5.74, 6) is 0.0480. The molecule has 0 fully saturated rings. The number of carbonyl (C=O) groups is 2. The van der Waals surface area contributed by atoms with Crippen molar-refractivity contribution < 1.29 is 23.8 Å². The second-order valence-corrected chi connectivity index (χ2v) is 8.18. The average molecular weight is 489 g/mol. The Hall–Kier alpha value is -4.05. The van der Waals surface area contributed by atoms with Gasteiger partial charge in [0.15, 0.2) is 0 Å². The molecule has 3 rings (SSSR count). The summed E-state index contributed by atoms with van der Waals surface area (Å²) in [6.45, 7) is 14.2. The quantitative estimate of drug-likeness (QED) is 0.253. The van der Waals surface area contributed by atoms with Gasteiger partial charge in [0.25, 0.3) is 0 Å².